The maximum Gasteiger partial charge on any atom is 0.277 e. The highest BCUT2D eigenvalue weighted by molar-refractivity contribution is 7.93. The molecule has 4 bridgehead atoms. The molecule has 6 rings (SSSR count). The number of amidine groups is 1. The van der Waals surface area contributed by atoms with E-state index in [0.717, 1.165) is 37.7 Å². The molecule has 0 aromatic heterocycles. The van der Waals surface area contributed by atoms with Crippen LogP contribution in [0.4, 0.5) is 5.69 Å². The van der Waals surface area contributed by atoms with Gasteiger partial charge < -0.3 is 25.4 Å². The molecule has 11 heteroatoms. The summed E-state index contributed by atoms with van der Waals surface area (Å²) in [5, 5.41) is 1.66. The van der Waals surface area contributed by atoms with E-state index in [1.54, 1.807) is 13.0 Å². The molecular weight excluding hydrogens is 482 g/mol. The van der Waals surface area contributed by atoms with Crippen LogP contribution in [0.25, 0.3) is 0 Å². The summed E-state index contributed by atoms with van der Waals surface area (Å²) >= 11 is 0. The molecule has 3 unspecified atom stereocenters. The van der Waals surface area contributed by atoms with Crippen LogP contribution in [0.1, 0.15) is 57.9 Å². The number of hydrogen-bond acceptors (Lipinski definition) is 9. The fourth-order valence-corrected chi connectivity index (χ4v) is 7.19. The van der Waals surface area contributed by atoms with E-state index in [-0.39, 0.29) is 18.1 Å². The molecule has 0 spiro atoms. The van der Waals surface area contributed by atoms with E-state index in [0.29, 0.717) is 31.0 Å². The number of hydrogen-bond donors (Lipinski definition) is 2. The zero-order valence-corrected chi connectivity index (χ0v) is 22.4. The molecule has 5 aliphatic heterocycles. The van der Waals surface area contributed by atoms with Crippen LogP contribution in [0.3, 0.4) is 0 Å². The summed E-state index contributed by atoms with van der Waals surface area (Å²) in [6, 6.07) is 5.59. The minimum atomic E-state index is -3.84. The number of amides is 1. The van der Waals surface area contributed by atoms with Crippen LogP contribution in [-0.4, -0.2) is 73.9 Å². The zero-order valence-electron chi connectivity index (χ0n) is 21.5. The molecule has 5 heterocycles. The van der Waals surface area contributed by atoms with E-state index in [1.807, 2.05) is 38.1 Å². The Hall–Kier alpha value is -2.50. The second-order valence-electron chi connectivity index (χ2n) is 10.6. The minimum absolute atomic E-state index is 0.0900. The molecule has 1 aromatic carbocycles. The second kappa shape index (κ2) is 10.1. The SMILES string of the molecule is CN(C)Cc1cccc2c1OCCCCCCC1(C)CC(C)(O1)S(=O)(=O)C1CN=C(C(=O)N2)C(N)=N1. The Morgan fingerprint density at radius 3 is 2.61 bits per heavy atom. The average molecular weight is 520 g/mol. The number of sulfone groups is 1. The number of aliphatic imine (C=N–C) groups is 2. The summed E-state index contributed by atoms with van der Waals surface area (Å²) in [6.07, 6.45) is 4.94. The number of carbonyl (C=O) groups excluding carboxylic acids is 1. The van der Waals surface area contributed by atoms with Gasteiger partial charge in [-0.15, -0.1) is 0 Å². The predicted octanol–water partition coefficient (Wildman–Crippen LogP) is 2.48. The summed E-state index contributed by atoms with van der Waals surface area (Å²) in [6.45, 7) is 4.51. The van der Waals surface area contributed by atoms with Gasteiger partial charge in [-0.3, -0.25) is 9.79 Å². The third kappa shape index (κ3) is 5.28. The molecule has 1 saturated heterocycles. The van der Waals surface area contributed by atoms with Gasteiger partial charge in [0.15, 0.2) is 21.9 Å². The van der Waals surface area contributed by atoms with E-state index < -0.39 is 31.7 Å². The quantitative estimate of drug-likeness (QED) is 0.613. The van der Waals surface area contributed by atoms with Crippen molar-refractivity contribution < 1.29 is 22.7 Å². The molecule has 0 radical (unpaired) electrons. The van der Waals surface area contributed by atoms with Crippen molar-refractivity contribution in [2.24, 2.45) is 15.7 Å². The highest BCUT2D eigenvalue weighted by Crippen LogP contribution is 2.49. The number of anilines is 1. The highest BCUT2D eigenvalue weighted by Gasteiger charge is 2.60. The number of nitrogens with one attached hydrogen (secondary N) is 1. The van der Waals surface area contributed by atoms with Crippen LogP contribution in [-0.2, 0) is 25.9 Å². The van der Waals surface area contributed by atoms with Gasteiger partial charge in [-0.1, -0.05) is 31.4 Å². The Morgan fingerprint density at radius 1 is 1.19 bits per heavy atom. The fraction of sp³-hybridized carbons (Fsp3) is 0.640. The lowest BCUT2D eigenvalue weighted by Crippen LogP contribution is -2.62. The van der Waals surface area contributed by atoms with Gasteiger partial charge in [-0.25, -0.2) is 13.4 Å². The first-order valence-electron chi connectivity index (χ1n) is 12.5. The largest absolute Gasteiger partial charge is 0.491 e. The van der Waals surface area contributed by atoms with Crippen LogP contribution in [0.2, 0.25) is 0 Å². The Labute approximate surface area is 213 Å². The number of nitrogens with two attached hydrogens (primary N) is 1. The molecule has 0 saturated carbocycles. The summed E-state index contributed by atoms with van der Waals surface area (Å²) in [5.74, 6) is -0.155. The summed E-state index contributed by atoms with van der Waals surface area (Å²) in [7, 11) is 0.0956. The van der Waals surface area contributed by atoms with Crippen LogP contribution in [0.5, 0.6) is 5.75 Å². The molecule has 198 valence electrons. The first kappa shape index (κ1) is 26.6. The number of para-hydroxylation sites is 1. The Kier molecular flexibility index (Phi) is 7.45. The van der Waals surface area contributed by atoms with Gasteiger partial charge in [0.2, 0.25) is 9.84 Å². The molecular formula is C25H37N5O5S. The van der Waals surface area contributed by atoms with Crippen LogP contribution < -0.4 is 15.8 Å². The molecule has 3 atom stereocenters. The van der Waals surface area contributed by atoms with Crippen molar-refractivity contribution in [1.29, 1.82) is 0 Å². The molecule has 1 aromatic rings. The first-order valence-corrected chi connectivity index (χ1v) is 14.0. The van der Waals surface area contributed by atoms with E-state index in [1.165, 1.54) is 0 Å². The molecule has 36 heavy (non-hydrogen) atoms. The van der Waals surface area contributed by atoms with Crippen LogP contribution in [0, 0.1) is 0 Å². The lowest BCUT2D eigenvalue weighted by Gasteiger charge is -2.53. The minimum Gasteiger partial charge on any atom is -0.491 e. The monoisotopic (exact) mass is 519 g/mol. The zero-order chi connectivity index (χ0) is 26.1. The van der Waals surface area contributed by atoms with Crippen molar-refractivity contribution in [3.8, 4) is 5.75 Å². The van der Waals surface area contributed by atoms with Crippen molar-refractivity contribution in [3.05, 3.63) is 23.8 Å². The second-order valence-corrected chi connectivity index (χ2v) is 13.1. The number of nitrogens with zero attached hydrogens (tertiary/aromatic N) is 3. The van der Waals surface area contributed by atoms with Gasteiger partial charge >= 0.3 is 0 Å². The van der Waals surface area contributed by atoms with Crippen LogP contribution >= 0.6 is 0 Å². The van der Waals surface area contributed by atoms with Gasteiger partial charge in [0.05, 0.1) is 24.4 Å². The topological polar surface area (TPSA) is 136 Å². The van der Waals surface area contributed by atoms with E-state index in [4.69, 9.17) is 15.2 Å². The molecule has 3 N–H and O–H groups in total. The normalized spacial score (nSPS) is 30.9. The fourth-order valence-electron chi connectivity index (χ4n) is 5.27. The lowest BCUT2D eigenvalue weighted by atomic mass is 9.86. The van der Waals surface area contributed by atoms with Gasteiger partial charge in [-0.2, -0.15) is 0 Å². The number of benzene rings is 1. The molecule has 0 aliphatic carbocycles. The number of rotatable bonds is 2. The standard InChI is InChI=1S/C25H37N5O5S/c1-24-12-7-5-6-8-13-34-21-17(15-30(3)4)10-9-11-18(21)28-23(31)20-22(26)29-19(14-27-20)36(32,33)25(2,16-24)35-24/h9-11,19H,5-8,12-16H2,1-4H3,(H2,26,29)(H,28,31). The molecule has 5 aliphatic rings. The van der Waals surface area contributed by atoms with Crippen molar-refractivity contribution in [3.63, 3.8) is 0 Å². The van der Waals surface area contributed by atoms with E-state index >= 15 is 0 Å². The Bertz CT molecular complexity index is 1170. The summed E-state index contributed by atoms with van der Waals surface area (Å²) in [5.41, 5.74) is 6.94. The smallest absolute Gasteiger partial charge is 0.277 e. The maximum atomic E-state index is 13.4. The number of carbonyl (C=O) groups is 1. The molecule has 10 nitrogen and oxygen atoms in total. The van der Waals surface area contributed by atoms with Gasteiger partial charge in [0.25, 0.3) is 5.91 Å². The molecule has 1 fully saturated rings. The molecule has 1 amide bonds. The van der Waals surface area contributed by atoms with Gasteiger partial charge in [0.1, 0.15) is 5.75 Å². The lowest BCUT2D eigenvalue weighted by molar-refractivity contribution is -0.216. The third-order valence-electron chi connectivity index (χ3n) is 6.94. The number of ether oxygens (including phenoxy) is 2. The van der Waals surface area contributed by atoms with Gasteiger partial charge in [0, 0.05) is 18.5 Å². The maximum absolute atomic E-state index is 13.4. The first-order chi connectivity index (χ1) is 16.9. The summed E-state index contributed by atoms with van der Waals surface area (Å²) in [4.78, 5) is 22.2. The van der Waals surface area contributed by atoms with E-state index in [2.05, 4.69) is 15.3 Å². The Morgan fingerprint density at radius 2 is 1.92 bits per heavy atom. The van der Waals surface area contributed by atoms with Crippen molar-refractivity contribution in [2.75, 3.05) is 32.6 Å². The summed E-state index contributed by atoms with van der Waals surface area (Å²) < 4.78 is 38.9. The van der Waals surface area contributed by atoms with Crippen LogP contribution in [0.15, 0.2) is 28.2 Å². The van der Waals surface area contributed by atoms with Crippen molar-refractivity contribution in [1.82, 2.24) is 4.90 Å². The van der Waals surface area contributed by atoms with Crippen molar-refractivity contribution in [2.45, 2.75) is 74.8 Å². The van der Waals surface area contributed by atoms with Crippen molar-refractivity contribution >= 4 is 33.0 Å². The highest BCUT2D eigenvalue weighted by atomic mass is 32.2. The Balaban J connectivity index is 1.63. The van der Waals surface area contributed by atoms with E-state index in [9.17, 15) is 13.2 Å². The van der Waals surface area contributed by atoms with Gasteiger partial charge in [-0.05, 0) is 46.9 Å². The third-order valence-corrected chi connectivity index (χ3v) is 9.34. The average Bonchev–Trinajstić information content (AvgIpc) is 2.77. The predicted molar refractivity (Wildman–Crippen MR) is 140 cm³/mol.